The molecule has 1 saturated heterocycles. The zero-order valence-electron chi connectivity index (χ0n) is 14.7. The first-order valence-corrected chi connectivity index (χ1v) is 8.46. The van der Waals surface area contributed by atoms with Gasteiger partial charge in [-0.15, -0.1) is 0 Å². The Morgan fingerprint density at radius 2 is 1.87 bits per heavy atom. The second-order valence-corrected chi connectivity index (χ2v) is 6.63. The fraction of sp³-hybridized carbons (Fsp3) is 0.556. The molecule has 5 nitrogen and oxygen atoms in total. The number of piperazine rings is 1. The van der Waals surface area contributed by atoms with Crippen LogP contribution in [0.15, 0.2) is 24.4 Å². The van der Waals surface area contributed by atoms with Gasteiger partial charge in [0.05, 0.1) is 12.2 Å². The summed E-state index contributed by atoms with van der Waals surface area (Å²) in [6.07, 6.45) is 1.89. The Labute approximate surface area is 138 Å². The molecule has 124 valence electrons. The van der Waals surface area contributed by atoms with Gasteiger partial charge in [0.1, 0.15) is 5.82 Å². The highest BCUT2D eigenvalue weighted by atomic mass is 15.3. The number of pyridine rings is 1. The molecule has 2 aromatic heterocycles. The van der Waals surface area contributed by atoms with Crippen LogP contribution in [0.25, 0.3) is 0 Å². The molecule has 0 radical (unpaired) electrons. The number of anilines is 1. The number of hydrogen-bond donors (Lipinski definition) is 0. The minimum atomic E-state index is 0.500. The predicted octanol–water partition coefficient (Wildman–Crippen LogP) is 2.41. The van der Waals surface area contributed by atoms with Crippen molar-refractivity contribution in [3.05, 3.63) is 41.3 Å². The molecule has 2 aromatic rings. The van der Waals surface area contributed by atoms with Crippen molar-refractivity contribution in [2.45, 2.75) is 40.3 Å². The van der Waals surface area contributed by atoms with Gasteiger partial charge in [0.2, 0.25) is 0 Å². The molecule has 1 aliphatic heterocycles. The van der Waals surface area contributed by atoms with Crippen molar-refractivity contribution < 1.29 is 0 Å². The zero-order valence-corrected chi connectivity index (χ0v) is 14.7. The summed E-state index contributed by atoms with van der Waals surface area (Å²) >= 11 is 0. The van der Waals surface area contributed by atoms with Crippen LogP contribution in [0.5, 0.6) is 0 Å². The lowest BCUT2D eigenvalue weighted by Crippen LogP contribution is -2.51. The second-order valence-electron chi connectivity index (χ2n) is 6.63. The highest BCUT2D eigenvalue weighted by Crippen LogP contribution is 2.19. The van der Waals surface area contributed by atoms with E-state index < -0.39 is 0 Å². The van der Waals surface area contributed by atoms with Crippen molar-refractivity contribution >= 4 is 5.82 Å². The molecule has 1 fully saturated rings. The first-order chi connectivity index (χ1) is 11.0. The molecule has 1 atom stereocenters. The molecule has 1 aliphatic rings. The molecular weight excluding hydrogens is 286 g/mol. The maximum Gasteiger partial charge on any atom is 0.131 e. The van der Waals surface area contributed by atoms with E-state index in [1.807, 2.05) is 12.3 Å². The van der Waals surface area contributed by atoms with E-state index >= 15 is 0 Å². The van der Waals surface area contributed by atoms with Crippen LogP contribution in [0, 0.1) is 20.8 Å². The summed E-state index contributed by atoms with van der Waals surface area (Å²) < 4.78 is 2.13. The van der Waals surface area contributed by atoms with E-state index in [1.165, 1.54) is 11.3 Å². The van der Waals surface area contributed by atoms with E-state index in [9.17, 15) is 0 Å². The van der Waals surface area contributed by atoms with Crippen molar-refractivity contribution in [1.82, 2.24) is 19.7 Å². The van der Waals surface area contributed by atoms with Gasteiger partial charge in [-0.05, 0) is 45.4 Å². The summed E-state index contributed by atoms with van der Waals surface area (Å²) in [5.41, 5.74) is 3.61. The molecule has 1 unspecified atom stereocenters. The SMILES string of the molecule is Cc1cc(C)n(CC(C)N2CCN(c3ncccc3C)CC2)n1. The van der Waals surface area contributed by atoms with E-state index in [0.717, 1.165) is 44.2 Å². The van der Waals surface area contributed by atoms with Crippen LogP contribution in [-0.2, 0) is 6.54 Å². The Balaban J connectivity index is 1.58. The molecule has 0 amide bonds. The van der Waals surface area contributed by atoms with E-state index in [2.05, 4.69) is 64.4 Å². The van der Waals surface area contributed by atoms with Gasteiger partial charge in [0.25, 0.3) is 0 Å². The van der Waals surface area contributed by atoms with Gasteiger partial charge in [-0.3, -0.25) is 9.58 Å². The molecule has 3 heterocycles. The van der Waals surface area contributed by atoms with Crippen LogP contribution in [-0.4, -0.2) is 51.9 Å². The van der Waals surface area contributed by atoms with Crippen molar-refractivity contribution in [3.63, 3.8) is 0 Å². The third-order valence-electron chi connectivity index (χ3n) is 4.76. The largest absolute Gasteiger partial charge is 0.354 e. The van der Waals surface area contributed by atoms with Gasteiger partial charge in [0.15, 0.2) is 0 Å². The summed E-state index contributed by atoms with van der Waals surface area (Å²) in [5, 5.41) is 4.59. The zero-order chi connectivity index (χ0) is 16.4. The highest BCUT2D eigenvalue weighted by molar-refractivity contribution is 5.46. The van der Waals surface area contributed by atoms with Crippen LogP contribution in [0.4, 0.5) is 5.82 Å². The minimum absolute atomic E-state index is 0.500. The van der Waals surface area contributed by atoms with Crippen LogP contribution < -0.4 is 4.90 Å². The number of hydrogen-bond acceptors (Lipinski definition) is 4. The highest BCUT2D eigenvalue weighted by Gasteiger charge is 2.23. The van der Waals surface area contributed by atoms with Gasteiger partial charge in [-0.25, -0.2) is 4.98 Å². The lowest BCUT2D eigenvalue weighted by atomic mass is 10.2. The Bertz CT molecular complexity index is 655. The van der Waals surface area contributed by atoms with Crippen molar-refractivity contribution in [2.24, 2.45) is 0 Å². The Morgan fingerprint density at radius 3 is 2.48 bits per heavy atom. The van der Waals surface area contributed by atoms with Gasteiger partial charge in [-0.1, -0.05) is 6.07 Å². The molecule has 5 heteroatoms. The van der Waals surface area contributed by atoms with E-state index in [1.54, 1.807) is 0 Å². The summed E-state index contributed by atoms with van der Waals surface area (Å²) in [4.78, 5) is 9.51. The average molecular weight is 313 g/mol. The normalized spacial score (nSPS) is 17.5. The number of nitrogens with zero attached hydrogens (tertiary/aromatic N) is 5. The fourth-order valence-electron chi connectivity index (χ4n) is 3.41. The minimum Gasteiger partial charge on any atom is -0.354 e. The molecule has 0 spiro atoms. The van der Waals surface area contributed by atoms with E-state index in [-0.39, 0.29) is 0 Å². The third-order valence-corrected chi connectivity index (χ3v) is 4.76. The first kappa shape index (κ1) is 16.0. The molecule has 0 N–H and O–H groups in total. The van der Waals surface area contributed by atoms with Crippen LogP contribution in [0.1, 0.15) is 23.9 Å². The van der Waals surface area contributed by atoms with Gasteiger partial charge >= 0.3 is 0 Å². The van der Waals surface area contributed by atoms with Crippen molar-refractivity contribution in [1.29, 1.82) is 0 Å². The molecule has 0 aliphatic carbocycles. The Kier molecular flexibility index (Phi) is 4.66. The molecule has 0 aromatic carbocycles. The maximum absolute atomic E-state index is 4.59. The van der Waals surface area contributed by atoms with Crippen LogP contribution >= 0.6 is 0 Å². The molecule has 23 heavy (non-hydrogen) atoms. The Hall–Kier alpha value is -1.88. The third kappa shape index (κ3) is 3.55. The molecule has 0 bridgehead atoms. The second kappa shape index (κ2) is 6.71. The van der Waals surface area contributed by atoms with Gasteiger partial charge in [-0.2, -0.15) is 5.10 Å². The van der Waals surface area contributed by atoms with E-state index in [0.29, 0.717) is 6.04 Å². The standard InChI is InChI=1S/C18H27N5/c1-14-6-5-7-19-18(14)22-10-8-21(9-11-22)17(4)13-23-16(3)12-15(2)20-23/h5-7,12,17H,8-11,13H2,1-4H3. The van der Waals surface area contributed by atoms with Crippen LogP contribution in [0.2, 0.25) is 0 Å². The summed E-state index contributed by atoms with van der Waals surface area (Å²) in [6.45, 7) is 13.8. The average Bonchev–Trinajstić information content (AvgIpc) is 2.85. The maximum atomic E-state index is 4.59. The summed E-state index contributed by atoms with van der Waals surface area (Å²) in [7, 11) is 0. The number of aromatic nitrogens is 3. The first-order valence-electron chi connectivity index (χ1n) is 8.46. The smallest absolute Gasteiger partial charge is 0.131 e. The van der Waals surface area contributed by atoms with E-state index in [4.69, 9.17) is 0 Å². The monoisotopic (exact) mass is 313 g/mol. The summed E-state index contributed by atoms with van der Waals surface area (Å²) in [5.74, 6) is 1.14. The van der Waals surface area contributed by atoms with Crippen molar-refractivity contribution in [3.8, 4) is 0 Å². The summed E-state index contributed by atoms with van der Waals surface area (Å²) in [6, 6.07) is 6.79. The molecule has 3 rings (SSSR count). The molecular formula is C18H27N5. The van der Waals surface area contributed by atoms with Gasteiger partial charge < -0.3 is 4.90 Å². The number of rotatable bonds is 4. The lowest BCUT2D eigenvalue weighted by molar-refractivity contribution is 0.176. The van der Waals surface area contributed by atoms with Crippen molar-refractivity contribution in [2.75, 3.05) is 31.1 Å². The lowest BCUT2D eigenvalue weighted by Gasteiger charge is -2.39. The topological polar surface area (TPSA) is 37.2 Å². The quantitative estimate of drug-likeness (QED) is 0.869. The predicted molar refractivity (Wildman–Crippen MR) is 93.9 cm³/mol. The fourth-order valence-corrected chi connectivity index (χ4v) is 3.41. The Morgan fingerprint density at radius 1 is 1.13 bits per heavy atom. The molecule has 0 saturated carbocycles. The number of aryl methyl sites for hydroxylation is 3. The van der Waals surface area contributed by atoms with Gasteiger partial charge in [0, 0.05) is 44.1 Å². The van der Waals surface area contributed by atoms with Crippen LogP contribution in [0.3, 0.4) is 0 Å².